The lowest BCUT2D eigenvalue weighted by molar-refractivity contribution is 0.0954. The van der Waals surface area contributed by atoms with Crippen LogP contribution >= 0.6 is 0 Å². The van der Waals surface area contributed by atoms with Gasteiger partial charge in [0.2, 0.25) is 0 Å². The first kappa shape index (κ1) is 11.8. The first-order chi connectivity index (χ1) is 6.93. The van der Waals surface area contributed by atoms with Gasteiger partial charge in [0, 0.05) is 11.1 Å². The van der Waals surface area contributed by atoms with Crippen molar-refractivity contribution in [1.82, 2.24) is 0 Å². The van der Waals surface area contributed by atoms with Crippen LogP contribution in [0.1, 0.15) is 34.8 Å². The van der Waals surface area contributed by atoms with Crippen LogP contribution in [0.2, 0.25) is 0 Å². The van der Waals surface area contributed by atoms with E-state index >= 15 is 0 Å². The van der Waals surface area contributed by atoms with E-state index in [1.54, 1.807) is 13.0 Å². The van der Waals surface area contributed by atoms with Crippen LogP contribution in [0, 0.1) is 6.92 Å². The van der Waals surface area contributed by atoms with Crippen molar-refractivity contribution in [3.63, 3.8) is 0 Å². The number of carbonyl (C=O) groups excluding carboxylic acids is 1. The molecule has 0 aromatic heterocycles. The third-order valence-corrected chi connectivity index (χ3v) is 2.12. The molecule has 0 saturated carbocycles. The van der Waals surface area contributed by atoms with Crippen LogP contribution in [-0.4, -0.2) is 11.8 Å². The van der Waals surface area contributed by atoms with Gasteiger partial charge < -0.3 is 5.73 Å². The van der Waals surface area contributed by atoms with Gasteiger partial charge >= 0.3 is 0 Å². The zero-order valence-electron chi connectivity index (χ0n) is 8.63. The second-order valence-corrected chi connectivity index (χ2v) is 3.54. The Morgan fingerprint density at radius 1 is 1.40 bits per heavy atom. The number of alkyl halides is 2. The first-order valence-electron chi connectivity index (χ1n) is 4.62. The SMILES string of the molecule is Cc1ccc(C(F)F)c(C(=O)C(C)N)c1. The summed E-state index contributed by atoms with van der Waals surface area (Å²) >= 11 is 0. The fourth-order valence-electron chi connectivity index (χ4n) is 1.32. The number of carbonyl (C=O) groups is 1. The van der Waals surface area contributed by atoms with Gasteiger partial charge in [0.15, 0.2) is 5.78 Å². The fourth-order valence-corrected chi connectivity index (χ4v) is 1.32. The summed E-state index contributed by atoms with van der Waals surface area (Å²) in [5, 5.41) is 0. The van der Waals surface area contributed by atoms with Crippen LogP contribution < -0.4 is 5.73 Å². The second-order valence-electron chi connectivity index (χ2n) is 3.54. The van der Waals surface area contributed by atoms with Crippen molar-refractivity contribution in [2.45, 2.75) is 26.3 Å². The summed E-state index contributed by atoms with van der Waals surface area (Å²) in [7, 11) is 0. The quantitative estimate of drug-likeness (QED) is 0.784. The predicted octanol–water partition coefficient (Wildman–Crippen LogP) is 2.46. The van der Waals surface area contributed by atoms with Gasteiger partial charge in [-0.2, -0.15) is 0 Å². The molecule has 0 amide bonds. The molecule has 2 N–H and O–H groups in total. The normalized spacial score (nSPS) is 12.9. The van der Waals surface area contributed by atoms with Crippen LogP contribution in [0.15, 0.2) is 18.2 Å². The van der Waals surface area contributed by atoms with E-state index in [2.05, 4.69) is 0 Å². The summed E-state index contributed by atoms with van der Waals surface area (Å²) in [5.41, 5.74) is 5.94. The molecular formula is C11H13F2NO. The van der Waals surface area contributed by atoms with Gasteiger partial charge in [-0.05, 0) is 19.9 Å². The number of Topliss-reactive ketones (excluding diaryl/α,β-unsaturated/α-hetero) is 1. The number of hydrogen-bond donors (Lipinski definition) is 1. The molecule has 1 unspecified atom stereocenters. The molecule has 0 saturated heterocycles. The molecule has 0 aliphatic heterocycles. The first-order valence-corrected chi connectivity index (χ1v) is 4.62. The highest BCUT2D eigenvalue weighted by Crippen LogP contribution is 2.24. The van der Waals surface area contributed by atoms with E-state index in [0.717, 1.165) is 5.56 Å². The van der Waals surface area contributed by atoms with E-state index in [4.69, 9.17) is 5.73 Å². The Labute approximate surface area is 87.1 Å². The molecule has 0 spiro atoms. The van der Waals surface area contributed by atoms with Crippen molar-refractivity contribution in [2.24, 2.45) is 5.73 Å². The summed E-state index contributed by atoms with van der Waals surface area (Å²) in [5.74, 6) is -0.450. The van der Waals surface area contributed by atoms with Crippen LogP contribution in [0.25, 0.3) is 0 Å². The summed E-state index contributed by atoms with van der Waals surface area (Å²) in [6.45, 7) is 3.23. The lowest BCUT2D eigenvalue weighted by Crippen LogP contribution is -2.27. The molecule has 0 bridgehead atoms. The van der Waals surface area contributed by atoms with Crippen LogP contribution in [-0.2, 0) is 0 Å². The van der Waals surface area contributed by atoms with Gasteiger partial charge in [0.05, 0.1) is 6.04 Å². The minimum Gasteiger partial charge on any atom is -0.321 e. The third-order valence-electron chi connectivity index (χ3n) is 2.12. The highest BCUT2D eigenvalue weighted by atomic mass is 19.3. The Bertz CT molecular complexity index is 375. The standard InChI is InChI=1S/C11H13F2NO/c1-6-3-4-8(11(12)13)9(5-6)10(15)7(2)14/h3-5,7,11H,14H2,1-2H3. The molecule has 0 radical (unpaired) electrons. The van der Waals surface area contributed by atoms with E-state index in [0.29, 0.717) is 0 Å². The minimum absolute atomic E-state index is 0.0278. The lowest BCUT2D eigenvalue weighted by atomic mass is 9.98. The molecular weight excluding hydrogens is 200 g/mol. The van der Waals surface area contributed by atoms with Crippen molar-refractivity contribution in [3.8, 4) is 0 Å². The van der Waals surface area contributed by atoms with Crippen molar-refractivity contribution < 1.29 is 13.6 Å². The minimum atomic E-state index is -2.65. The third kappa shape index (κ3) is 2.59. The van der Waals surface area contributed by atoms with Crippen molar-refractivity contribution >= 4 is 5.78 Å². The highest BCUT2D eigenvalue weighted by molar-refractivity contribution is 6.01. The molecule has 0 heterocycles. The second kappa shape index (κ2) is 4.49. The Morgan fingerprint density at radius 3 is 2.47 bits per heavy atom. The van der Waals surface area contributed by atoms with Crippen LogP contribution in [0.5, 0.6) is 0 Å². The van der Waals surface area contributed by atoms with Gasteiger partial charge in [-0.1, -0.05) is 17.7 Å². The number of aryl methyl sites for hydroxylation is 1. The average Bonchev–Trinajstić information content (AvgIpc) is 2.15. The van der Waals surface area contributed by atoms with Crippen LogP contribution in [0.4, 0.5) is 8.78 Å². The van der Waals surface area contributed by atoms with Gasteiger partial charge in [-0.25, -0.2) is 8.78 Å². The lowest BCUT2D eigenvalue weighted by Gasteiger charge is -2.10. The largest absolute Gasteiger partial charge is 0.321 e. The zero-order valence-corrected chi connectivity index (χ0v) is 8.63. The molecule has 4 heteroatoms. The van der Waals surface area contributed by atoms with E-state index < -0.39 is 18.3 Å². The molecule has 0 fully saturated rings. The zero-order chi connectivity index (χ0) is 11.6. The Morgan fingerprint density at radius 2 is 2.00 bits per heavy atom. The summed E-state index contributed by atoms with van der Waals surface area (Å²) in [6, 6.07) is 3.52. The Hall–Kier alpha value is -1.29. The van der Waals surface area contributed by atoms with E-state index in [-0.39, 0.29) is 11.1 Å². The summed E-state index contributed by atoms with van der Waals surface area (Å²) < 4.78 is 25.2. The highest BCUT2D eigenvalue weighted by Gasteiger charge is 2.20. The average molecular weight is 213 g/mol. The summed E-state index contributed by atoms with van der Waals surface area (Å²) in [4.78, 5) is 11.6. The Kier molecular flexibility index (Phi) is 3.52. The van der Waals surface area contributed by atoms with Crippen molar-refractivity contribution in [1.29, 1.82) is 0 Å². The molecule has 0 aliphatic carbocycles. The molecule has 2 nitrogen and oxygen atoms in total. The van der Waals surface area contributed by atoms with Crippen LogP contribution in [0.3, 0.4) is 0 Å². The predicted molar refractivity (Wildman–Crippen MR) is 54.1 cm³/mol. The molecule has 1 aromatic rings. The number of ketones is 1. The van der Waals surface area contributed by atoms with Gasteiger partial charge in [0.25, 0.3) is 6.43 Å². The molecule has 0 aliphatic rings. The molecule has 1 aromatic carbocycles. The van der Waals surface area contributed by atoms with Crippen molar-refractivity contribution in [3.05, 3.63) is 34.9 Å². The number of benzene rings is 1. The topological polar surface area (TPSA) is 43.1 Å². The maximum Gasteiger partial charge on any atom is 0.264 e. The molecule has 1 rings (SSSR count). The number of hydrogen-bond acceptors (Lipinski definition) is 2. The van der Waals surface area contributed by atoms with Gasteiger partial charge in [-0.15, -0.1) is 0 Å². The Balaban J connectivity index is 3.24. The van der Waals surface area contributed by atoms with E-state index in [1.165, 1.54) is 19.1 Å². The summed E-state index contributed by atoms with van der Waals surface area (Å²) in [6.07, 6.45) is -2.65. The monoisotopic (exact) mass is 213 g/mol. The number of nitrogens with two attached hydrogens (primary N) is 1. The van der Waals surface area contributed by atoms with Crippen molar-refractivity contribution in [2.75, 3.05) is 0 Å². The number of rotatable bonds is 3. The van der Waals surface area contributed by atoms with Gasteiger partial charge in [0.1, 0.15) is 0 Å². The van der Waals surface area contributed by atoms with E-state index in [9.17, 15) is 13.6 Å². The van der Waals surface area contributed by atoms with Gasteiger partial charge in [-0.3, -0.25) is 4.79 Å². The number of halogens is 2. The van der Waals surface area contributed by atoms with E-state index in [1.807, 2.05) is 0 Å². The molecule has 82 valence electrons. The molecule has 1 atom stereocenters. The maximum atomic E-state index is 12.6. The fraction of sp³-hybridized carbons (Fsp3) is 0.364. The molecule has 15 heavy (non-hydrogen) atoms. The maximum absolute atomic E-state index is 12.6. The smallest absolute Gasteiger partial charge is 0.264 e.